The van der Waals surface area contributed by atoms with Crippen LogP contribution in [-0.2, 0) is 6.54 Å². The van der Waals surface area contributed by atoms with Gasteiger partial charge in [0.25, 0.3) is 5.56 Å². The summed E-state index contributed by atoms with van der Waals surface area (Å²) in [5.74, 6) is 0. The van der Waals surface area contributed by atoms with E-state index in [4.69, 9.17) is 11.6 Å². The van der Waals surface area contributed by atoms with Crippen molar-refractivity contribution in [3.05, 3.63) is 67.5 Å². The zero-order valence-electron chi connectivity index (χ0n) is 10.3. The summed E-state index contributed by atoms with van der Waals surface area (Å²) in [6.07, 6.45) is 3.05. The van der Waals surface area contributed by atoms with E-state index in [-0.39, 0.29) is 5.56 Å². The summed E-state index contributed by atoms with van der Waals surface area (Å²) in [5, 5.41) is 1.41. The molecule has 0 aliphatic carbocycles. The van der Waals surface area contributed by atoms with Gasteiger partial charge in [0, 0.05) is 17.1 Å². The molecule has 0 unspecified atom stereocenters. The van der Waals surface area contributed by atoms with Crippen LogP contribution in [-0.4, -0.2) is 14.5 Å². The number of fused-ring (bicyclic) bond motifs is 1. The molecule has 3 aromatic rings. The lowest BCUT2D eigenvalue weighted by Crippen LogP contribution is -2.23. The minimum atomic E-state index is -0.0789. The van der Waals surface area contributed by atoms with Crippen molar-refractivity contribution in [1.82, 2.24) is 14.5 Å². The lowest BCUT2D eigenvalue weighted by molar-refractivity contribution is 0.729. The molecule has 0 spiro atoms. The molecule has 0 aliphatic heterocycles. The second-order valence-corrected chi connectivity index (χ2v) is 5.83. The van der Waals surface area contributed by atoms with Gasteiger partial charge in [-0.05, 0) is 34.7 Å². The number of para-hydroxylation sites is 1. The van der Waals surface area contributed by atoms with Gasteiger partial charge in [0.15, 0.2) is 0 Å². The number of pyridine rings is 1. The quantitative estimate of drug-likeness (QED) is 0.493. The summed E-state index contributed by atoms with van der Waals surface area (Å²) < 4.78 is 2.11. The molecule has 0 radical (unpaired) electrons. The van der Waals surface area contributed by atoms with Crippen molar-refractivity contribution in [2.75, 3.05) is 0 Å². The standard InChI is InChI=1S/C14H9ClIN3O/c15-13-10(5-9-3-1-2-4-12(9)18-13)7-19-8-17-6-11(16)14(19)20/h1-6,8H,7H2. The molecule has 1 aromatic carbocycles. The van der Waals surface area contributed by atoms with Gasteiger partial charge in [-0.3, -0.25) is 9.36 Å². The first kappa shape index (κ1) is 13.5. The molecule has 0 bridgehead atoms. The second-order valence-electron chi connectivity index (χ2n) is 4.31. The smallest absolute Gasteiger partial charge is 0.267 e. The summed E-state index contributed by atoms with van der Waals surface area (Å²) in [6, 6.07) is 9.69. The van der Waals surface area contributed by atoms with Crippen molar-refractivity contribution >= 4 is 45.1 Å². The summed E-state index contributed by atoms with van der Waals surface area (Å²) in [4.78, 5) is 20.4. The molecule has 20 heavy (non-hydrogen) atoms. The van der Waals surface area contributed by atoms with Crippen LogP contribution in [0.3, 0.4) is 0 Å². The van der Waals surface area contributed by atoms with Crippen molar-refractivity contribution < 1.29 is 0 Å². The van der Waals surface area contributed by atoms with Crippen LogP contribution in [0.15, 0.2) is 47.7 Å². The first-order valence-electron chi connectivity index (χ1n) is 5.89. The second kappa shape index (κ2) is 5.49. The predicted octanol–water partition coefficient (Wildman–Crippen LogP) is 3.10. The van der Waals surface area contributed by atoms with E-state index < -0.39 is 0 Å². The zero-order chi connectivity index (χ0) is 14.1. The third-order valence-electron chi connectivity index (χ3n) is 2.95. The molecule has 0 N–H and O–H groups in total. The van der Waals surface area contributed by atoms with Crippen molar-refractivity contribution in [1.29, 1.82) is 0 Å². The molecule has 6 heteroatoms. The highest BCUT2D eigenvalue weighted by atomic mass is 127. The minimum Gasteiger partial charge on any atom is -0.294 e. The number of benzene rings is 1. The molecule has 0 saturated heterocycles. The number of hydrogen-bond acceptors (Lipinski definition) is 3. The Labute approximate surface area is 133 Å². The van der Waals surface area contributed by atoms with E-state index in [1.807, 2.05) is 52.9 Å². The van der Waals surface area contributed by atoms with Crippen molar-refractivity contribution in [2.45, 2.75) is 6.54 Å². The van der Waals surface area contributed by atoms with Crippen LogP contribution in [0, 0.1) is 3.57 Å². The number of nitrogens with zero attached hydrogens (tertiary/aromatic N) is 3. The Balaban J connectivity index is 2.08. The fourth-order valence-electron chi connectivity index (χ4n) is 1.97. The van der Waals surface area contributed by atoms with Gasteiger partial charge in [0.05, 0.1) is 22.0 Å². The Bertz CT molecular complexity index is 847. The van der Waals surface area contributed by atoms with Gasteiger partial charge in [0.1, 0.15) is 5.15 Å². The van der Waals surface area contributed by atoms with Gasteiger partial charge >= 0.3 is 0 Å². The molecule has 0 amide bonds. The largest absolute Gasteiger partial charge is 0.294 e. The highest BCUT2D eigenvalue weighted by molar-refractivity contribution is 14.1. The maximum atomic E-state index is 12.0. The molecular weight excluding hydrogens is 389 g/mol. The van der Waals surface area contributed by atoms with Gasteiger partial charge in [-0.2, -0.15) is 0 Å². The molecule has 2 aromatic heterocycles. The average Bonchev–Trinajstić information content (AvgIpc) is 2.44. The van der Waals surface area contributed by atoms with E-state index in [9.17, 15) is 4.79 Å². The number of aromatic nitrogens is 3. The normalized spacial score (nSPS) is 10.9. The maximum Gasteiger partial charge on any atom is 0.267 e. The Morgan fingerprint density at radius 1 is 1.30 bits per heavy atom. The molecule has 0 aliphatic rings. The van der Waals surface area contributed by atoms with Crippen LogP contribution in [0.2, 0.25) is 5.15 Å². The van der Waals surface area contributed by atoms with Crippen LogP contribution in [0.25, 0.3) is 10.9 Å². The monoisotopic (exact) mass is 397 g/mol. The summed E-state index contributed by atoms with van der Waals surface area (Å²) >= 11 is 8.17. The molecule has 0 fully saturated rings. The van der Waals surface area contributed by atoms with Crippen molar-refractivity contribution in [2.24, 2.45) is 0 Å². The Kier molecular flexibility index (Phi) is 3.71. The van der Waals surface area contributed by atoms with Crippen molar-refractivity contribution in [3.8, 4) is 0 Å². The van der Waals surface area contributed by atoms with Crippen LogP contribution in [0.5, 0.6) is 0 Å². The molecular formula is C14H9ClIN3O. The van der Waals surface area contributed by atoms with Gasteiger partial charge < -0.3 is 0 Å². The maximum absolute atomic E-state index is 12.0. The van der Waals surface area contributed by atoms with Gasteiger partial charge in [-0.1, -0.05) is 29.8 Å². The van der Waals surface area contributed by atoms with Crippen LogP contribution in [0.4, 0.5) is 0 Å². The zero-order valence-corrected chi connectivity index (χ0v) is 13.2. The third-order valence-corrected chi connectivity index (χ3v) is 4.02. The fraction of sp³-hybridized carbons (Fsp3) is 0.0714. The molecule has 3 rings (SSSR count). The van der Waals surface area contributed by atoms with E-state index in [0.29, 0.717) is 15.3 Å². The highest BCUT2D eigenvalue weighted by Crippen LogP contribution is 2.20. The molecule has 4 nitrogen and oxygen atoms in total. The lowest BCUT2D eigenvalue weighted by Gasteiger charge is -2.08. The van der Waals surface area contributed by atoms with Crippen molar-refractivity contribution in [3.63, 3.8) is 0 Å². The van der Waals surface area contributed by atoms with Gasteiger partial charge in [0.2, 0.25) is 0 Å². The predicted molar refractivity (Wildman–Crippen MR) is 87.1 cm³/mol. The molecule has 0 atom stereocenters. The van der Waals surface area contributed by atoms with E-state index in [1.54, 1.807) is 6.20 Å². The molecule has 2 heterocycles. The van der Waals surface area contributed by atoms with Crippen LogP contribution < -0.4 is 5.56 Å². The van der Waals surface area contributed by atoms with Crippen LogP contribution in [0.1, 0.15) is 5.56 Å². The first-order chi connectivity index (χ1) is 9.65. The first-order valence-corrected chi connectivity index (χ1v) is 7.35. The molecule has 0 saturated carbocycles. The number of halogens is 2. The topological polar surface area (TPSA) is 47.8 Å². The Hall–Kier alpha value is -1.47. The Morgan fingerprint density at radius 3 is 2.95 bits per heavy atom. The Morgan fingerprint density at radius 2 is 2.10 bits per heavy atom. The highest BCUT2D eigenvalue weighted by Gasteiger charge is 2.08. The third kappa shape index (κ3) is 2.55. The summed E-state index contributed by atoms with van der Waals surface area (Å²) in [6.45, 7) is 0.360. The number of rotatable bonds is 2. The van der Waals surface area contributed by atoms with Gasteiger partial charge in [-0.15, -0.1) is 0 Å². The average molecular weight is 398 g/mol. The summed E-state index contributed by atoms with van der Waals surface area (Å²) in [7, 11) is 0. The SMILES string of the molecule is O=c1c(I)cncn1Cc1cc2ccccc2nc1Cl. The minimum absolute atomic E-state index is 0.0789. The van der Waals surface area contributed by atoms with Crippen LogP contribution >= 0.6 is 34.2 Å². The van der Waals surface area contributed by atoms with Gasteiger partial charge in [-0.25, -0.2) is 9.97 Å². The molecule has 100 valence electrons. The van der Waals surface area contributed by atoms with E-state index >= 15 is 0 Å². The van der Waals surface area contributed by atoms with E-state index in [1.165, 1.54) is 10.9 Å². The lowest BCUT2D eigenvalue weighted by atomic mass is 10.1. The van der Waals surface area contributed by atoms with E-state index in [0.717, 1.165) is 16.5 Å². The van der Waals surface area contributed by atoms with E-state index in [2.05, 4.69) is 9.97 Å². The summed E-state index contributed by atoms with van der Waals surface area (Å²) in [5.41, 5.74) is 1.57. The fourth-order valence-corrected chi connectivity index (χ4v) is 2.64. The number of hydrogen-bond donors (Lipinski definition) is 0.